The lowest BCUT2D eigenvalue weighted by Crippen LogP contribution is -2.18. The number of hydrogen-bond donors (Lipinski definition) is 1. The Kier molecular flexibility index (Phi) is 4.89. The summed E-state index contributed by atoms with van der Waals surface area (Å²) in [4.78, 5) is 13.8. The third-order valence-electron chi connectivity index (χ3n) is 0.762. The lowest BCUT2D eigenvalue weighted by Gasteiger charge is -1.99. The van der Waals surface area contributed by atoms with Gasteiger partial charge in [-0.15, -0.1) is 4.99 Å². The summed E-state index contributed by atoms with van der Waals surface area (Å²) in [5.41, 5.74) is 5.14. The van der Waals surface area contributed by atoms with Crippen LogP contribution in [0.1, 0.15) is 13.8 Å². The highest BCUT2D eigenvalue weighted by molar-refractivity contribution is 5.85. The van der Waals surface area contributed by atoms with Gasteiger partial charge in [-0.2, -0.15) is 0 Å². The number of amidine groups is 1. The molecule has 0 fully saturated rings. The van der Waals surface area contributed by atoms with E-state index in [4.69, 9.17) is 5.73 Å². The van der Waals surface area contributed by atoms with Crippen LogP contribution in [0.4, 0.5) is 4.79 Å². The van der Waals surface area contributed by atoms with E-state index in [2.05, 4.69) is 14.5 Å². The second-order valence-electron chi connectivity index (χ2n) is 1.58. The first-order valence-corrected chi connectivity index (χ1v) is 3.34. The van der Waals surface area contributed by atoms with Crippen LogP contribution in [0, 0.1) is 0 Å². The van der Waals surface area contributed by atoms with Crippen molar-refractivity contribution in [2.45, 2.75) is 13.8 Å². The number of ether oxygens (including phenoxy) is 2. The molecule has 0 atom stereocenters. The van der Waals surface area contributed by atoms with Crippen molar-refractivity contribution >= 4 is 12.1 Å². The molecule has 0 rings (SSSR count). The van der Waals surface area contributed by atoms with Crippen LogP contribution in [-0.2, 0) is 9.47 Å². The van der Waals surface area contributed by atoms with E-state index < -0.39 is 6.09 Å². The first kappa shape index (κ1) is 9.74. The minimum Gasteiger partial charge on any atom is -0.465 e. The van der Waals surface area contributed by atoms with Crippen LogP contribution >= 0.6 is 0 Å². The Morgan fingerprint density at radius 1 is 1.36 bits per heavy atom. The predicted octanol–water partition coefficient (Wildman–Crippen LogP) is 0.494. The van der Waals surface area contributed by atoms with Gasteiger partial charge in [-0.05, 0) is 13.8 Å². The van der Waals surface area contributed by atoms with Crippen LogP contribution in [0.25, 0.3) is 0 Å². The number of rotatable bonds is 2. The van der Waals surface area contributed by atoms with E-state index in [1.807, 2.05) is 0 Å². The highest BCUT2D eigenvalue weighted by Gasteiger charge is 1.99. The average molecular weight is 160 g/mol. The zero-order valence-electron chi connectivity index (χ0n) is 6.66. The lowest BCUT2D eigenvalue weighted by atomic mass is 10.8. The number of hydrogen-bond acceptors (Lipinski definition) is 3. The summed E-state index contributed by atoms with van der Waals surface area (Å²) in [5, 5.41) is 0. The summed E-state index contributed by atoms with van der Waals surface area (Å²) in [6, 6.07) is -0.161. The molecule has 64 valence electrons. The Morgan fingerprint density at radius 2 is 1.91 bits per heavy atom. The van der Waals surface area contributed by atoms with Crippen LogP contribution < -0.4 is 5.73 Å². The number of amides is 1. The van der Waals surface area contributed by atoms with Gasteiger partial charge in [0.15, 0.2) is 0 Å². The molecule has 0 saturated carbocycles. The van der Waals surface area contributed by atoms with Crippen molar-refractivity contribution in [3.8, 4) is 0 Å². The van der Waals surface area contributed by atoms with E-state index in [0.29, 0.717) is 6.61 Å². The average Bonchev–Trinajstić information content (AvgIpc) is 1.87. The highest BCUT2D eigenvalue weighted by Crippen LogP contribution is 1.84. The number of aliphatic imine (C=N–C) groups is 1. The molecule has 0 saturated heterocycles. The van der Waals surface area contributed by atoms with E-state index in [9.17, 15) is 4.79 Å². The van der Waals surface area contributed by atoms with E-state index in [1.165, 1.54) is 0 Å². The minimum atomic E-state index is -0.724. The zero-order valence-corrected chi connectivity index (χ0v) is 6.66. The zero-order chi connectivity index (χ0) is 8.69. The van der Waals surface area contributed by atoms with E-state index in [1.54, 1.807) is 13.8 Å². The predicted molar refractivity (Wildman–Crippen MR) is 40.3 cm³/mol. The molecule has 0 bridgehead atoms. The fraction of sp³-hybridized carbons (Fsp3) is 0.667. The van der Waals surface area contributed by atoms with Crippen molar-refractivity contribution in [2.24, 2.45) is 10.7 Å². The minimum absolute atomic E-state index is 0.161. The van der Waals surface area contributed by atoms with Crippen LogP contribution in [0.15, 0.2) is 4.99 Å². The Balaban J connectivity index is 3.76. The standard InChI is InChI=1S/C6H12N2O3/c1-3-10-5(7)8-6(9)11-4-2/h3-4H2,1-2H3,(H2,7,8,9). The van der Waals surface area contributed by atoms with Crippen molar-refractivity contribution < 1.29 is 14.3 Å². The molecule has 0 spiro atoms. The quantitative estimate of drug-likeness (QED) is 0.471. The molecule has 0 aromatic carbocycles. The maximum absolute atomic E-state index is 10.6. The van der Waals surface area contributed by atoms with Crippen LogP contribution in [0.2, 0.25) is 0 Å². The van der Waals surface area contributed by atoms with Gasteiger partial charge in [-0.1, -0.05) is 0 Å². The Hall–Kier alpha value is -1.26. The maximum Gasteiger partial charge on any atom is 0.438 e. The van der Waals surface area contributed by atoms with Crippen molar-refractivity contribution in [3.63, 3.8) is 0 Å². The lowest BCUT2D eigenvalue weighted by molar-refractivity contribution is 0.162. The van der Waals surface area contributed by atoms with Crippen LogP contribution in [0.5, 0.6) is 0 Å². The molecule has 5 nitrogen and oxygen atoms in total. The van der Waals surface area contributed by atoms with Gasteiger partial charge in [0.25, 0.3) is 6.02 Å². The fourth-order valence-electron chi connectivity index (χ4n) is 0.426. The summed E-state index contributed by atoms with van der Waals surface area (Å²) in [5.74, 6) is 0. The van der Waals surface area contributed by atoms with E-state index in [0.717, 1.165) is 0 Å². The first-order valence-electron chi connectivity index (χ1n) is 3.34. The molecular weight excluding hydrogens is 148 g/mol. The molecule has 0 unspecified atom stereocenters. The largest absolute Gasteiger partial charge is 0.465 e. The smallest absolute Gasteiger partial charge is 0.438 e. The number of nitrogens with zero attached hydrogens (tertiary/aromatic N) is 1. The second-order valence-corrected chi connectivity index (χ2v) is 1.58. The Bertz CT molecular complexity index is 156. The molecule has 0 radical (unpaired) electrons. The van der Waals surface area contributed by atoms with Gasteiger partial charge in [-0.25, -0.2) is 4.79 Å². The van der Waals surface area contributed by atoms with Crippen molar-refractivity contribution in [1.82, 2.24) is 0 Å². The molecule has 0 aliphatic heterocycles. The summed E-state index contributed by atoms with van der Waals surface area (Å²) >= 11 is 0. The number of carbonyl (C=O) groups excluding carboxylic acids is 1. The van der Waals surface area contributed by atoms with Gasteiger partial charge in [-0.3, -0.25) is 0 Å². The van der Waals surface area contributed by atoms with Crippen LogP contribution in [0.3, 0.4) is 0 Å². The molecule has 0 aliphatic rings. The maximum atomic E-state index is 10.6. The van der Waals surface area contributed by atoms with E-state index >= 15 is 0 Å². The number of nitrogens with two attached hydrogens (primary N) is 1. The monoisotopic (exact) mass is 160 g/mol. The van der Waals surface area contributed by atoms with Crippen molar-refractivity contribution in [1.29, 1.82) is 0 Å². The third kappa shape index (κ3) is 5.20. The fourth-order valence-corrected chi connectivity index (χ4v) is 0.426. The Morgan fingerprint density at radius 3 is 2.36 bits per heavy atom. The summed E-state index contributed by atoms with van der Waals surface area (Å²) in [7, 11) is 0. The van der Waals surface area contributed by atoms with Crippen LogP contribution in [-0.4, -0.2) is 25.3 Å². The molecule has 5 heteroatoms. The summed E-state index contributed by atoms with van der Waals surface area (Å²) < 4.78 is 9.16. The second kappa shape index (κ2) is 5.52. The molecule has 11 heavy (non-hydrogen) atoms. The molecular formula is C6H12N2O3. The molecule has 0 aromatic heterocycles. The molecule has 0 heterocycles. The van der Waals surface area contributed by atoms with E-state index in [-0.39, 0.29) is 12.6 Å². The normalized spacial score (nSPS) is 10.9. The van der Waals surface area contributed by atoms with Gasteiger partial charge < -0.3 is 15.2 Å². The Labute approximate surface area is 65.2 Å². The van der Waals surface area contributed by atoms with Gasteiger partial charge in [0.05, 0.1) is 13.2 Å². The SMILES string of the molecule is CCOC(=O)/N=C(\N)OCC. The molecule has 0 aromatic rings. The number of carbonyl (C=O) groups is 1. The first-order chi connectivity index (χ1) is 5.20. The molecule has 2 N–H and O–H groups in total. The summed E-state index contributed by atoms with van der Waals surface area (Å²) in [6.07, 6.45) is -0.724. The van der Waals surface area contributed by atoms with Crippen molar-refractivity contribution in [2.75, 3.05) is 13.2 Å². The topological polar surface area (TPSA) is 73.9 Å². The van der Waals surface area contributed by atoms with Gasteiger partial charge in [0, 0.05) is 0 Å². The van der Waals surface area contributed by atoms with Gasteiger partial charge in [0.1, 0.15) is 0 Å². The van der Waals surface area contributed by atoms with Gasteiger partial charge >= 0.3 is 6.09 Å². The van der Waals surface area contributed by atoms with Gasteiger partial charge in [0.2, 0.25) is 0 Å². The van der Waals surface area contributed by atoms with Crippen molar-refractivity contribution in [3.05, 3.63) is 0 Å². The third-order valence-corrected chi connectivity index (χ3v) is 0.762. The molecule has 1 amide bonds. The molecule has 0 aliphatic carbocycles. The summed E-state index contributed by atoms with van der Waals surface area (Å²) in [6.45, 7) is 4.09. The highest BCUT2D eigenvalue weighted by atomic mass is 16.6.